The van der Waals surface area contributed by atoms with Crippen molar-refractivity contribution in [1.82, 2.24) is 0 Å². The summed E-state index contributed by atoms with van der Waals surface area (Å²) in [6.07, 6.45) is 13.3. The number of hydrogen-bond acceptors (Lipinski definition) is 5. The fourth-order valence-electron chi connectivity index (χ4n) is 10.1. The second kappa shape index (κ2) is 10.6. The van der Waals surface area contributed by atoms with Crippen LogP contribution in [0.1, 0.15) is 132 Å². The van der Waals surface area contributed by atoms with Crippen molar-refractivity contribution in [3.63, 3.8) is 0 Å². The van der Waals surface area contributed by atoms with Crippen LogP contribution in [0, 0.1) is 58.2 Å². The van der Waals surface area contributed by atoms with Gasteiger partial charge in [0.15, 0.2) is 0 Å². The molecule has 8 saturated carbocycles. The summed E-state index contributed by atoms with van der Waals surface area (Å²) >= 11 is 0. The Morgan fingerprint density at radius 3 is 1.65 bits per heavy atom. The molecular weight excluding hydrogens is 500 g/mol. The standard InChI is InChI=1S/C19H32O2.C16H26O3/c1-6-18(4,5)17(20)21-19(12(2)3)15-8-13-7-14(10-15)11-16(19)9-13;1-4-15(2,3)14(17)19-13-11-5-10-6-12(13)9-16(18,7-10)8-11/h12-16H,6-11H2,1-5H3;10-13,18H,4-9H2,1-3H3. The summed E-state index contributed by atoms with van der Waals surface area (Å²) in [5.41, 5.74) is -1.35. The minimum absolute atomic E-state index is 0.0335. The molecule has 8 aliphatic rings. The highest BCUT2D eigenvalue weighted by Gasteiger charge is 2.61. The van der Waals surface area contributed by atoms with Gasteiger partial charge in [-0.25, -0.2) is 0 Å². The van der Waals surface area contributed by atoms with Crippen molar-refractivity contribution in [2.75, 3.05) is 0 Å². The van der Waals surface area contributed by atoms with Gasteiger partial charge in [-0.15, -0.1) is 0 Å². The molecular formula is C35H58O5. The van der Waals surface area contributed by atoms with Gasteiger partial charge < -0.3 is 14.6 Å². The molecule has 0 aromatic rings. The van der Waals surface area contributed by atoms with Crippen LogP contribution in [0.4, 0.5) is 0 Å². The maximum Gasteiger partial charge on any atom is 0.312 e. The Morgan fingerprint density at radius 1 is 0.750 bits per heavy atom. The van der Waals surface area contributed by atoms with Crippen molar-refractivity contribution < 1.29 is 24.2 Å². The zero-order valence-electron chi connectivity index (χ0n) is 26.8. The van der Waals surface area contributed by atoms with Crippen LogP contribution in [0.2, 0.25) is 0 Å². The molecule has 0 amide bonds. The normalized spacial score (nSPS) is 43.0. The molecule has 40 heavy (non-hydrogen) atoms. The Labute approximate surface area is 243 Å². The quantitative estimate of drug-likeness (QED) is 0.324. The van der Waals surface area contributed by atoms with Gasteiger partial charge in [-0.2, -0.15) is 0 Å². The number of aliphatic hydroxyl groups is 1. The third-order valence-electron chi connectivity index (χ3n) is 12.9. The van der Waals surface area contributed by atoms with E-state index in [1.165, 1.54) is 32.1 Å². The van der Waals surface area contributed by atoms with Crippen molar-refractivity contribution in [2.45, 2.75) is 150 Å². The van der Waals surface area contributed by atoms with Crippen molar-refractivity contribution in [1.29, 1.82) is 0 Å². The molecule has 0 radical (unpaired) electrons. The van der Waals surface area contributed by atoms with Crippen molar-refractivity contribution >= 4 is 11.9 Å². The predicted octanol–water partition coefficient (Wildman–Crippen LogP) is 7.72. The van der Waals surface area contributed by atoms with E-state index in [9.17, 15) is 14.7 Å². The number of ether oxygens (including phenoxy) is 2. The number of carbonyl (C=O) groups excluding carboxylic acids is 2. The van der Waals surface area contributed by atoms with Gasteiger partial charge in [-0.1, -0.05) is 27.7 Å². The third-order valence-corrected chi connectivity index (χ3v) is 12.9. The third kappa shape index (κ3) is 5.28. The van der Waals surface area contributed by atoms with Crippen LogP contribution >= 0.6 is 0 Å². The molecule has 1 N–H and O–H groups in total. The maximum absolute atomic E-state index is 12.8. The van der Waals surface area contributed by atoms with Crippen LogP contribution in [0.3, 0.4) is 0 Å². The number of carbonyl (C=O) groups is 2. The molecule has 2 unspecified atom stereocenters. The van der Waals surface area contributed by atoms with E-state index in [4.69, 9.17) is 9.47 Å². The van der Waals surface area contributed by atoms with Gasteiger partial charge in [0.25, 0.3) is 0 Å². The fourth-order valence-corrected chi connectivity index (χ4v) is 10.1. The van der Waals surface area contributed by atoms with E-state index >= 15 is 0 Å². The lowest BCUT2D eigenvalue weighted by molar-refractivity contribution is -0.231. The summed E-state index contributed by atoms with van der Waals surface area (Å²) < 4.78 is 12.3. The van der Waals surface area contributed by atoms with Gasteiger partial charge in [0, 0.05) is 0 Å². The van der Waals surface area contributed by atoms with E-state index in [1.54, 1.807) is 0 Å². The van der Waals surface area contributed by atoms with Crippen molar-refractivity contribution in [3.05, 3.63) is 0 Å². The molecule has 228 valence electrons. The van der Waals surface area contributed by atoms with Crippen LogP contribution in [-0.2, 0) is 19.1 Å². The molecule has 0 aromatic carbocycles. The van der Waals surface area contributed by atoms with Gasteiger partial charge in [0.2, 0.25) is 0 Å². The van der Waals surface area contributed by atoms with Crippen LogP contribution in [-0.4, -0.2) is 34.4 Å². The highest BCUT2D eigenvalue weighted by atomic mass is 16.6. The largest absolute Gasteiger partial charge is 0.461 e. The number of hydrogen-bond donors (Lipinski definition) is 1. The van der Waals surface area contributed by atoms with E-state index in [-0.39, 0.29) is 34.5 Å². The second-order valence-electron chi connectivity index (χ2n) is 16.7. The second-order valence-corrected chi connectivity index (χ2v) is 16.7. The van der Waals surface area contributed by atoms with Crippen LogP contribution in [0.15, 0.2) is 0 Å². The van der Waals surface area contributed by atoms with Gasteiger partial charge in [0.1, 0.15) is 11.7 Å². The van der Waals surface area contributed by atoms with Gasteiger partial charge in [-0.3, -0.25) is 9.59 Å². The van der Waals surface area contributed by atoms with E-state index < -0.39 is 5.60 Å². The summed E-state index contributed by atoms with van der Waals surface area (Å²) in [5, 5.41) is 10.5. The molecule has 0 heterocycles. The van der Waals surface area contributed by atoms with E-state index in [1.807, 2.05) is 34.6 Å². The van der Waals surface area contributed by atoms with Gasteiger partial charge >= 0.3 is 11.9 Å². The molecule has 0 spiro atoms. The predicted molar refractivity (Wildman–Crippen MR) is 157 cm³/mol. The molecule has 8 aliphatic carbocycles. The Morgan fingerprint density at radius 2 is 1.23 bits per heavy atom. The molecule has 8 bridgehead atoms. The zero-order chi connectivity index (χ0) is 29.3. The molecule has 8 fully saturated rings. The Kier molecular flexibility index (Phi) is 8.02. The summed E-state index contributed by atoms with van der Waals surface area (Å²) in [5.74, 6) is 4.93. The first-order valence-electron chi connectivity index (χ1n) is 16.8. The van der Waals surface area contributed by atoms with E-state index in [0.717, 1.165) is 56.8 Å². The van der Waals surface area contributed by atoms with E-state index in [2.05, 4.69) is 20.8 Å². The highest BCUT2D eigenvalue weighted by Crippen LogP contribution is 2.62. The highest BCUT2D eigenvalue weighted by molar-refractivity contribution is 5.76. The minimum atomic E-state index is -0.445. The molecule has 5 heteroatoms. The van der Waals surface area contributed by atoms with Crippen LogP contribution < -0.4 is 0 Å². The fraction of sp³-hybridized carbons (Fsp3) is 0.943. The first-order chi connectivity index (χ1) is 18.6. The average molecular weight is 559 g/mol. The van der Waals surface area contributed by atoms with E-state index in [0.29, 0.717) is 35.5 Å². The lowest BCUT2D eigenvalue weighted by Gasteiger charge is -2.62. The maximum atomic E-state index is 12.8. The minimum Gasteiger partial charge on any atom is -0.461 e. The first kappa shape index (κ1) is 30.4. The molecule has 0 aliphatic heterocycles. The Hall–Kier alpha value is -1.10. The average Bonchev–Trinajstić information content (AvgIpc) is 2.86. The van der Waals surface area contributed by atoms with Crippen LogP contribution in [0.25, 0.3) is 0 Å². The van der Waals surface area contributed by atoms with Crippen LogP contribution in [0.5, 0.6) is 0 Å². The molecule has 0 saturated heterocycles. The summed E-state index contributed by atoms with van der Waals surface area (Å²) in [7, 11) is 0. The Bertz CT molecular complexity index is 919. The topological polar surface area (TPSA) is 72.8 Å². The molecule has 0 aromatic heterocycles. The number of esters is 2. The molecule has 2 atom stereocenters. The molecule has 8 rings (SSSR count). The SMILES string of the molecule is CCC(C)(C)C(=O)OC1(C(C)C)C2CC3CC(C2)CC1C3.CCC(C)(C)C(=O)OC1C2CC3CC1CC(O)(C3)C2. The molecule has 5 nitrogen and oxygen atoms in total. The van der Waals surface area contributed by atoms with Gasteiger partial charge in [0.05, 0.1) is 16.4 Å². The van der Waals surface area contributed by atoms with Crippen molar-refractivity contribution in [2.24, 2.45) is 58.2 Å². The smallest absolute Gasteiger partial charge is 0.312 e. The summed E-state index contributed by atoms with van der Waals surface area (Å²) in [4.78, 5) is 25.1. The first-order valence-corrected chi connectivity index (χ1v) is 16.8. The lowest BCUT2D eigenvalue weighted by atomic mass is 9.47. The Balaban J connectivity index is 0.000000162. The monoisotopic (exact) mass is 558 g/mol. The summed E-state index contributed by atoms with van der Waals surface area (Å²) in [6, 6.07) is 0. The van der Waals surface area contributed by atoms with Crippen molar-refractivity contribution in [3.8, 4) is 0 Å². The zero-order valence-corrected chi connectivity index (χ0v) is 26.8. The van der Waals surface area contributed by atoms with Gasteiger partial charge in [-0.05, 0) is 152 Å². The summed E-state index contributed by atoms with van der Waals surface area (Å²) in [6.45, 7) is 16.6. The lowest BCUT2D eigenvalue weighted by Crippen LogP contribution is -2.63. The number of rotatable bonds is 7.